The summed E-state index contributed by atoms with van der Waals surface area (Å²) in [7, 11) is -4.04. The quantitative estimate of drug-likeness (QED) is 0.428. The minimum Gasteiger partial charge on any atom is -0.311 e. The van der Waals surface area contributed by atoms with Crippen LogP contribution in [0.4, 0.5) is 5.69 Å². The molecule has 0 fully saturated rings. The van der Waals surface area contributed by atoms with Gasteiger partial charge in [0.25, 0.3) is 0 Å². The van der Waals surface area contributed by atoms with Gasteiger partial charge in [-0.25, -0.2) is 8.42 Å². The maximum atomic E-state index is 13.6. The first kappa shape index (κ1) is 22.1. The molecule has 1 amide bonds. The Morgan fingerprint density at radius 2 is 1.66 bits per heavy atom. The van der Waals surface area contributed by atoms with Gasteiger partial charge in [-0.1, -0.05) is 54.6 Å². The molecule has 0 aliphatic carbocycles. The largest absolute Gasteiger partial charge is 0.311 e. The number of nitrogens with zero attached hydrogens (tertiary/aromatic N) is 3. The summed E-state index contributed by atoms with van der Waals surface area (Å²) in [4.78, 5) is 15.2. The molecule has 0 unspecified atom stereocenters. The summed E-state index contributed by atoms with van der Waals surface area (Å²) < 4.78 is 37.6. The summed E-state index contributed by atoms with van der Waals surface area (Å²) in [5.41, 5.74) is 2.36. The SMILES string of the molecule is CCN(C(=O)[C@@H](Cc1ccccc1)NS(=O)(=O)c1cccc2nsnc12)c1ccccc1. The molecule has 4 aromatic rings. The molecule has 164 valence electrons. The number of anilines is 1. The molecule has 4 rings (SSSR count). The lowest BCUT2D eigenvalue weighted by Gasteiger charge is -2.27. The van der Waals surface area contributed by atoms with Crippen LogP contribution in [0.25, 0.3) is 11.0 Å². The highest BCUT2D eigenvalue weighted by atomic mass is 32.2. The Morgan fingerprint density at radius 1 is 0.969 bits per heavy atom. The second-order valence-electron chi connectivity index (χ2n) is 7.17. The van der Waals surface area contributed by atoms with Crippen molar-refractivity contribution in [2.45, 2.75) is 24.3 Å². The number of hydrogen-bond donors (Lipinski definition) is 1. The van der Waals surface area contributed by atoms with Crippen molar-refractivity contribution in [2.75, 3.05) is 11.4 Å². The van der Waals surface area contributed by atoms with E-state index in [-0.39, 0.29) is 17.2 Å². The number of hydrogen-bond acceptors (Lipinski definition) is 6. The highest BCUT2D eigenvalue weighted by Crippen LogP contribution is 2.22. The van der Waals surface area contributed by atoms with Crippen LogP contribution in [0.3, 0.4) is 0 Å². The van der Waals surface area contributed by atoms with E-state index in [1.807, 2.05) is 67.6 Å². The average molecular weight is 467 g/mol. The summed E-state index contributed by atoms with van der Waals surface area (Å²) in [5, 5.41) is 0. The van der Waals surface area contributed by atoms with E-state index in [1.165, 1.54) is 6.07 Å². The van der Waals surface area contributed by atoms with E-state index in [9.17, 15) is 13.2 Å². The van der Waals surface area contributed by atoms with E-state index in [1.54, 1.807) is 17.0 Å². The maximum Gasteiger partial charge on any atom is 0.245 e. The van der Waals surface area contributed by atoms with Gasteiger partial charge < -0.3 is 4.90 Å². The van der Waals surface area contributed by atoms with Crippen LogP contribution < -0.4 is 9.62 Å². The third-order valence-corrected chi connectivity index (χ3v) is 7.11. The van der Waals surface area contributed by atoms with Crippen LogP contribution in [0.15, 0.2) is 83.8 Å². The molecule has 1 heterocycles. The molecule has 1 N–H and O–H groups in total. The summed E-state index contributed by atoms with van der Waals surface area (Å²) in [6.07, 6.45) is 0.216. The zero-order valence-electron chi connectivity index (χ0n) is 17.4. The van der Waals surface area contributed by atoms with E-state index in [0.717, 1.165) is 17.3 Å². The molecule has 0 saturated heterocycles. The van der Waals surface area contributed by atoms with Crippen LogP contribution in [0.2, 0.25) is 0 Å². The van der Waals surface area contributed by atoms with Crippen molar-refractivity contribution in [1.82, 2.24) is 13.5 Å². The van der Waals surface area contributed by atoms with E-state index >= 15 is 0 Å². The molecule has 0 aliphatic rings. The van der Waals surface area contributed by atoms with Crippen LogP contribution in [0.1, 0.15) is 12.5 Å². The summed E-state index contributed by atoms with van der Waals surface area (Å²) in [5.74, 6) is -0.324. The second-order valence-corrected chi connectivity index (χ2v) is 9.38. The van der Waals surface area contributed by atoms with Crippen molar-refractivity contribution < 1.29 is 13.2 Å². The minimum atomic E-state index is -4.04. The van der Waals surface area contributed by atoms with Gasteiger partial charge in [-0.2, -0.15) is 13.5 Å². The number of sulfonamides is 1. The molecule has 1 aromatic heterocycles. The molecule has 9 heteroatoms. The number of fused-ring (bicyclic) bond motifs is 1. The van der Waals surface area contributed by atoms with Crippen LogP contribution in [0, 0.1) is 0 Å². The van der Waals surface area contributed by atoms with Crippen molar-refractivity contribution in [3.8, 4) is 0 Å². The van der Waals surface area contributed by atoms with E-state index in [2.05, 4.69) is 13.5 Å². The molecule has 0 aliphatic heterocycles. The Morgan fingerprint density at radius 3 is 2.34 bits per heavy atom. The molecule has 1 atom stereocenters. The van der Waals surface area contributed by atoms with Gasteiger partial charge in [0.15, 0.2) is 0 Å². The summed E-state index contributed by atoms with van der Waals surface area (Å²) in [6.45, 7) is 2.27. The Bertz CT molecular complexity index is 1310. The summed E-state index contributed by atoms with van der Waals surface area (Å²) in [6, 6.07) is 22.4. The van der Waals surface area contributed by atoms with Crippen molar-refractivity contribution in [1.29, 1.82) is 0 Å². The van der Waals surface area contributed by atoms with Crippen LogP contribution in [0.5, 0.6) is 0 Å². The highest BCUT2D eigenvalue weighted by Gasteiger charge is 2.31. The number of carbonyl (C=O) groups excluding carboxylic acids is 1. The molecule has 0 radical (unpaired) electrons. The maximum absolute atomic E-state index is 13.6. The number of para-hydroxylation sites is 1. The van der Waals surface area contributed by atoms with Crippen molar-refractivity contribution in [2.24, 2.45) is 0 Å². The monoisotopic (exact) mass is 466 g/mol. The van der Waals surface area contributed by atoms with Gasteiger partial charge >= 0.3 is 0 Å². The van der Waals surface area contributed by atoms with Gasteiger partial charge in [0, 0.05) is 12.2 Å². The van der Waals surface area contributed by atoms with Gasteiger partial charge in [0.05, 0.1) is 11.7 Å². The van der Waals surface area contributed by atoms with Gasteiger partial charge in [-0.15, -0.1) is 0 Å². The van der Waals surface area contributed by atoms with Gasteiger partial charge in [0.2, 0.25) is 15.9 Å². The fourth-order valence-corrected chi connectivity index (χ4v) is 5.50. The predicted molar refractivity (Wildman–Crippen MR) is 126 cm³/mol. The number of carbonyl (C=O) groups is 1. The Kier molecular flexibility index (Phi) is 6.59. The van der Waals surface area contributed by atoms with Gasteiger partial charge in [-0.05, 0) is 43.2 Å². The standard InChI is InChI=1S/C23H22N4O3S2/c1-2-27(18-12-7-4-8-13-18)23(28)20(16-17-10-5-3-6-11-17)26-32(29,30)21-15-9-14-19-22(21)25-31-24-19/h3-15,20,26H,2,16H2,1H3/t20-/m1/s1. The normalized spacial score (nSPS) is 12.5. The first-order valence-electron chi connectivity index (χ1n) is 10.1. The Hall–Kier alpha value is -3.14. The molecule has 7 nitrogen and oxygen atoms in total. The second kappa shape index (κ2) is 9.56. The fourth-order valence-electron chi connectivity index (χ4n) is 3.54. The Labute approximate surface area is 191 Å². The molecular weight excluding hydrogens is 444 g/mol. The number of nitrogens with one attached hydrogen (secondary N) is 1. The van der Waals surface area contributed by atoms with Crippen LogP contribution in [-0.4, -0.2) is 35.7 Å². The Balaban J connectivity index is 1.70. The lowest BCUT2D eigenvalue weighted by molar-refractivity contribution is -0.120. The number of rotatable bonds is 8. The van der Waals surface area contributed by atoms with Gasteiger partial charge in [-0.3, -0.25) is 4.79 Å². The van der Waals surface area contributed by atoms with Crippen molar-refractivity contribution in [3.63, 3.8) is 0 Å². The lowest BCUT2D eigenvalue weighted by Crippen LogP contribution is -2.50. The van der Waals surface area contributed by atoms with Gasteiger partial charge in [0.1, 0.15) is 22.0 Å². The predicted octanol–water partition coefficient (Wildman–Crippen LogP) is 3.63. The van der Waals surface area contributed by atoms with Crippen molar-refractivity contribution in [3.05, 3.63) is 84.4 Å². The topological polar surface area (TPSA) is 92.3 Å². The third kappa shape index (κ3) is 4.69. The smallest absolute Gasteiger partial charge is 0.245 e. The highest BCUT2D eigenvalue weighted by molar-refractivity contribution is 7.89. The van der Waals surface area contributed by atoms with Crippen LogP contribution >= 0.6 is 11.7 Å². The number of amides is 1. The van der Waals surface area contributed by atoms with E-state index < -0.39 is 16.1 Å². The third-order valence-electron chi connectivity index (χ3n) is 5.07. The number of benzene rings is 3. The molecule has 0 spiro atoms. The first-order valence-corrected chi connectivity index (χ1v) is 12.3. The number of aromatic nitrogens is 2. The molecular formula is C23H22N4O3S2. The average Bonchev–Trinajstić information content (AvgIpc) is 3.29. The van der Waals surface area contributed by atoms with Crippen LogP contribution in [-0.2, 0) is 21.2 Å². The summed E-state index contributed by atoms with van der Waals surface area (Å²) >= 11 is 0.949. The molecule has 0 bridgehead atoms. The zero-order chi connectivity index (χ0) is 22.6. The van der Waals surface area contributed by atoms with E-state index in [4.69, 9.17) is 0 Å². The molecule has 0 saturated carbocycles. The lowest BCUT2D eigenvalue weighted by atomic mass is 10.1. The number of likely N-dealkylation sites (N-methyl/N-ethyl adjacent to an activating group) is 1. The minimum absolute atomic E-state index is 0.0115. The first-order chi connectivity index (χ1) is 15.5. The van der Waals surface area contributed by atoms with Crippen molar-refractivity contribution >= 4 is 44.4 Å². The van der Waals surface area contributed by atoms with E-state index in [0.29, 0.717) is 23.3 Å². The zero-order valence-corrected chi connectivity index (χ0v) is 19.0. The fraction of sp³-hybridized carbons (Fsp3) is 0.174. The molecule has 32 heavy (non-hydrogen) atoms. The molecule has 3 aromatic carbocycles.